The second-order valence-corrected chi connectivity index (χ2v) is 2.95. The van der Waals surface area contributed by atoms with Gasteiger partial charge in [0, 0.05) is 12.4 Å². The zero-order valence-electron chi connectivity index (χ0n) is 8.13. The van der Waals surface area contributed by atoms with Gasteiger partial charge in [0.2, 0.25) is 6.61 Å². The summed E-state index contributed by atoms with van der Waals surface area (Å²) in [5.74, 6) is 0.466. The first-order valence-corrected chi connectivity index (χ1v) is 4.64. The van der Waals surface area contributed by atoms with Crippen molar-refractivity contribution in [1.82, 2.24) is 9.97 Å². The lowest BCUT2D eigenvalue weighted by Crippen LogP contribution is -1.95. The van der Waals surface area contributed by atoms with E-state index in [0.29, 0.717) is 12.4 Å². The van der Waals surface area contributed by atoms with Gasteiger partial charge in [-0.3, -0.25) is 0 Å². The highest BCUT2D eigenvalue weighted by atomic mass is 16.5. The van der Waals surface area contributed by atoms with Crippen LogP contribution in [0.15, 0.2) is 48.8 Å². The van der Waals surface area contributed by atoms with E-state index in [2.05, 4.69) is 16.6 Å². The molecule has 1 aromatic heterocycles. The molecule has 0 aliphatic carbocycles. The Morgan fingerprint density at radius 2 is 1.73 bits per heavy atom. The summed E-state index contributed by atoms with van der Waals surface area (Å²) in [7, 11) is 0. The van der Waals surface area contributed by atoms with E-state index < -0.39 is 0 Å². The van der Waals surface area contributed by atoms with Crippen LogP contribution in [0.3, 0.4) is 0 Å². The van der Waals surface area contributed by atoms with Crippen molar-refractivity contribution < 1.29 is 4.74 Å². The molecule has 2 aromatic rings. The second-order valence-electron chi connectivity index (χ2n) is 2.95. The molecule has 0 atom stereocenters. The molecule has 0 N–H and O–H groups in total. The van der Waals surface area contributed by atoms with Crippen LogP contribution in [0.25, 0.3) is 0 Å². The molecular formula is C12H10N2O. The highest BCUT2D eigenvalue weighted by Gasteiger charge is 1.97. The fourth-order valence-corrected chi connectivity index (χ4v) is 1.11. The molecule has 2 radical (unpaired) electrons. The smallest absolute Gasteiger partial charge is 0.207 e. The van der Waals surface area contributed by atoms with Crippen LogP contribution in [0.5, 0.6) is 0 Å². The van der Waals surface area contributed by atoms with Gasteiger partial charge in [-0.05, 0) is 11.6 Å². The molecule has 1 heterocycles. The number of ether oxygens (including phenoxy) is 1. The van der Waals surface area contributed by atoms with Crippen molar-refractivity contribution in [2.45, 2.75) is 6.61 Å². The lowest BCUT2D eigenvalue weighted by molar-refractivity contribution is 0.195. The maximum absolute atomic E-state index is 5.23. The monoisotopic (exact) mass is 198 g/mol. The molecule has 3 heteroatoms. The molecule has 0 unspecified atom stereocenters. The van der Waals surface area contributed by atoms with Crippen LogP contribution in [0.2, 0.25) is 0 Å². The Morgan fingerprint density at radius 1 is 1.00 bits per heavy atom. The molecule has 0 amide bonds. The van der Waals surface area contributed by atoms with Crippen molar-refractivity contribution >= 4 is 0 Å². The van der Waals surface area contributed by atoms with Crippen LogP contribution < -0.4 is 0 Å². The molecule has 0 aliphatic heterocycles. The van der Waals surface area contributed by atoms with E-state index in [1.165, 1.54) is 0 Å². The molecule has 2 rings (SSSR count). The lowest BCUT2D eigenvalue weighted by atomic mass is 10.2. The van der Waals surface area contributed by atoms with Gasteiger partial charge >= 0.3 is 0 Å². The fraction of sp³-hybridized carbons (Fsp3) is 0.0833. The predicted molar refractivity (Wildman–Crippen MR) is 55.6 cm³/mol. The van der Waals surface area contributed by atoms with Crippen LogP contribution in [0, 0.1) is 6.61 Å². The summed E-state index contributed by atoms with van der Waals surface area (Å²) < 4.78 is 5.23. The molecule has 15 heavy (non-hydrogen) atoms. The quantitative estimate of drug-likeness (QED) is 0.754. The third-order valence-electron chi connectivity index (χ3n) is 1.81. The third-order valence-corrected chi connectivity index (χ3v) is 1.81. The normalized spacial score (nSPS) is 10.1. The summed E-state index contributed by atoms with van der Waals surface area (Å²) in [6.45, 7) is 3.16. The van der Waals surface area contributed by atoms with E-state index in [1.54, 1.807) is 18.5 Å². The minimum absolute atomic E-state index is 0.466. The zero-order chi connectivity index (χ0) is 10.3. The van der Waals surface area contributed by atoms with E-state index in [0.717, 1.165) is 5.56 Å². The first-order valence-electron chi connectivity index (χ1n) is 4.64. The highest BCUT2D eigenvalue weighted by Crippen LogP contribution is 2.03. The van der Waals surface area contributed by atoms with Crippen LogP contribution in [0.1, 0.15) is 11.4 Å². The van der Waals surface area contributed by atoms with Gasteiger partial charge in [-0.1, -0.05) is 30.3 Å². The lowest BCUT2D eigenvalue weighted by Gasteiger charge is -2.00. The van der Waals surface area contributed by atoms with Crippen LogP contribution in [-0.2, 0) is 11.3 Å². The number of hydrogen-bond donors (Lipinski definition) is 0. The standard InChI is InChI=1S/C12H10N2O/c1-2-5-11(6-3-1)9-15-10-12-13-7-4-8-14-12/h1-8H,9H2. The third kappa shape index (κ3) is 3.14. The molecule has 0 spiro atoms. The Labute approximate surface area is 88.8 Å². The molecule has 0 saturated heterocycles. The largest absolute Gasteiger partial charge is 0.355 e. The van der Waals surface area contributed by atoms with Gasteiger partial charge in [0.05, 0.1) is 6.61 Å². The van der Waals surface area contributed by atoms with E-state index >= 15 is 0 Å². The predicted octanol–water partition coefficient (Wildman–Crippen LogP) is 2.08. The Balaban J connectivity index is 1.81. The average Bonchev–Trinajstić information content (AvgIpc) is 2.32. The highest BCUT2D eigenvalue weighted by molar-refractivity contribution is 5.13. The van der Waals surface area contributed by atoms with Crippen LogP contribution >= 0.6 is 0 Å². The number of aromatic nitrogens is 2. The average molecular weight is 198 g/mol. The maximum atomic E-state index is 5.23. The SMILES string of the molecule is [C](OCc1ccccc1)c1ncccn1. The Morgan fingerprint density at radius 3 is 2.47 bits per heavy atom. The van der Waals surface area contributed by atoms with Crippen LogP contribution in [-0.4, -0.2) is 9.97 Å². The van der Waals surface area contributed by atoms with Crippen LogP contribution in [0.4, 0.5) is 0 Å². The van der Waals surface area contributed by atoms with Crippen molar-refractivity contribution in [2.75, 3.05) is 0 Å². The Kier molecular flexibility index (Phi) is 3.41. The molecule has 0 bridgehead atoms. The summed E-state index contributed by atoms with van der Waals surface area (Å²) >= 11 is 0. The van der Waals surface area contributed by atoms with Crippen molar-refractivity contribution in [1.29, 1.82) is 0 Å². The first-order chi connectivity index (χ1) is 7.45. The van der Waals surface area contributed by atoms with Gasteiger partial charge in [0.1, 0.15) is 0 Å². The van der Waals surface area contributed by atoms with Gasteiger partial charge in [-0.25, -0.2) is 9.97 Å². The zero-order valence-corrected chi connectivity index (χ0v) is 8.13. The number of hydrogen-bond acceptors (Lipinski definition) is 3. The topological polar surface area (TPSA) is 35.0 Å². The minimum Gasteiger partial charge on any atom is -0.355 e. The molecule has 0 saturated carbocycles. The molecule has 1 aromatic carbocycles. The van der Waals surface area contributed by atoms with Crippen molar-refractivity contribution in [3.05, 3.63) is 66.8 Å². The first kappa shape index (κ1) is 9.80. The van der Waals surface area contributed by atoms with Crippen molar-refractivity contribution in [2.24, 2.45) is 0 Å². The van der Waals surface area contributed by atoms with Gasteiger partial charge in [-0.2, -0.15) is 0 Å². The Bertz CT molecular complexity index is 349. The van der Waals surface area contributed by atoms with Gasteiger partial charge < -0.3 is 4.74 Å². The van der Waals surface area contributed by atoms with E-state index in [4.69, 9.17) is 4.74 Å². The summed E-state index contributed by atoms with van der Waals surface area (Å²) in [6.07, 6.45) is 3.31. The van der Waals surface area contributed by atoms with E-state index in [-0.39, 0.29) is 0 Å². The summed E-state index contributed by atoms with van der Waals surface area (Å²) in [5.41, 5.74) is 1.10. The van der Waals surface area contributed by atoms with Gasteiger partial charge in [0.25, 0.3) is 0 Å². The van der Waals surface area contributed by atoms with Gasteiger partial charge in [0.15, 0.2) is 5.82 Å². The van der Waals surface area contributed by atoms with E-state index in [9.17, 15) is 0 Å². The molecule has 74 valence electrons. The number of rotatable bonds is 4. The van der Waals surface area contributed by atoms with Crippen molar-refractivity contribution in [3.63, 3.8) is 0 Å². The number of benzene rings is 1. The maximum Gasteiger partial charge on any atom is 0.207 e. The summed E-state index contributed by atoms with van der Waals surface area (Å²) in [6, 6.07) is 11.6. The Hall–Kier alpha value is -1.74. The molecule has 0 aliphatic rings. The molecular weight excluding hydrogens is 188 g/mol. The second kappa shape index (κ2) is 5.22. The summed E-state index contributed by atoms with van der Waals surface area (Å²) in [4.78, 5) is 7.93. The summed E-state index contributed by atoms with van der Waals surface area (Å²) in [5, 5.41) is 0. The van der Waals surface area contributed by atoms with Gasteiger partial charge in [-0.15, -0.1) is 0 Å². The van der Waals surface area contributed by atoms with Crippen molar-refractivity contribution in [3.8, 4) is 0 Å². The molecule has 0 fully saturated rings. The fourth-order valence-electron chi connectivity index (χ4n) is 1.11. The minimum atomic E-state index is 0.466. The van der Waals surface area contributed by atoms with E-state index in [1.807, 2.05) is 30.3 Å². The molecule has 3 nitrogen and oxygen atoms in total. The number of nitrogens with zero attached hydrogens (tertiary/aromatic N) is 2.